The van der Waals surface area contributed by atoms with Crippen molar-refractivity contribution in [1.82, 2.24) is 19.7 Å². The molecule has 0 N–H and O–H groups in total. The zero-order valence-corrected chi connectivity index (χ0v) is 10.5. The third kappa shape index (κ3) is 2.71. The predicted octanol–water partition coefficient (Wildman–Crippen LogP) is 3.11. The number of para-hydroxylation sites is 1. The third-order valence-electron chi connectivity index (χ3n) is 2.38. The average molecular weight is 273 g/mol. The summed E-state index contributed by atoms with van der Waals surface area (Å²) in [6.07, 6.45) is 1.58. The first-order chi connectivity index (χ1) is 9.31. The van der Waals surface area contributed by atoms with Crippen LogP contribution in [0.4, 0.5) is 0 Å². The second-order valence-electron chi connectivity index (χ2n) is 3.71. The summed E-state index contributed by atoms with van der Waals surface area (Å²) in [5.41, 5.74) is 0.906. The predicted molar refractivity (Wildman–Crippen MR) is 70.7 cm³/mol. The van der Waals surface area contributed by atoms with Crippen LogP contribution in [0.5, 0.6) is 11.9 Å². The van der Waals surface area contributed by atoms with Crippen LogP contribution >= 0.6 is 11.6 Å². The Hall–Kier alpha value is -2.40. The Morgan fingerprint density at radius 3 is 2.63 bits per heavy atom. The minimum Gasteiger partial charge on any atom is -0.404 e. The highest BCUT2D eigenvalue weighted by Crippen LogP contribution is 2.17. The Balaban J connectivity index is 1.82. The lowest BCUT2D eigenvalue weighted by molar-refractivity contribution is 0.425. The molecule has 6 heteroatoms. The standard InChI is InChI=1S/C13H9ClN4O/c14-11-7-4-8-12(16-11)19-13-15-9-18(17-13)10-5-2-1-3-6-10/h1-9H. The molecule has 19 heavy (non-hydrogen) atoms. The highest BCUT2D eigenvalue weighted by atomic mass is 35.5. The number of ether oxygens (including phenoxy) is 1. The van der Waals surface area contributed by atoms with E-state index >= 15 is 0 Å². The summed E-state index contributed by atoms with van der Waals surface area (Å²) >= 11 is 5.78. The molecule has 0 saturated carbocycles. The van der Waals surface area contributed by atoms with Crippen molar-refractivity contribution >= 4 is 11.6 Å². The van der Waals surface area contributed by atoms with Gasteiger partial charge in [-0.1, -0.05) is 35.9 Å². The SMILES string of the molecule is Clc1cccc(Oc2ncn(-c3ccccc3)n2)n1. The molecule has 0 saturated heterocycles. The van der Waals surface area contributed by atoms with Gasteiger partial charge in [0.2, 0.25) is 5.88 Å². The number of benzene rings is 1. The molecule has 0 aliphatic heterocycles. The zero-order chi connectivity index (χ0) is 13.1. The van der Waals surface area contributed by atoms with E-state index in [9.17, 15) is 0 Å². The van der Waals surface area contributed by atoms with Crippen molar-refractivity contribution in [1.29, 1.82) is 0 Å². The van der Waals surface area contributed by atoms with Gasteiger partial charge in [-0.3, -0.25) is 0 Å². The number of aromatic nitrogens is 4. The monoisotopic (exact) mass is 272 g/mol. The molecular formula is C13H9ClN4O. The molecule has 0 radical (unpaired) electrons. The quantitative estimate of drug-likeness (QED) is 0.688. The molecule has 0 fully saturated rings. The van der Waals surface area contributed by atoms with Crippen molar-refractivity contribution in [2.75, 3.05) is 0 Å². The van der Waals surface area contributed by atoms with Gasteiger partial charge in [0, 0.05) is 6.07 Å². The van der Waals surface area contributed by atoms with E-state index in [4.69, 9.17) is 16.3 Å². The van der Waals surface area contributed by atoms with Gasteiger partial charge in [0.15, 0.2) is 0 Å². The van der Waals surface area contributed by atoms with Gasteiger partial charge in [-0.25, -0.2) is 9.67 Å². The fraction of sp³-hybridized carbons (Fsp3) is 0. The topological polar surface area (TPSA) is 52.8 Å². The van der Waals surface area contributed by atoms with Crippen LogP contribution in [-0.2, 0) is 0 Å². The summed E-state index contributed by atoms with van der Waals surface area (Å²) in [7, 11) is 0. The molecule has 0 spiro atoms. The van der Waals surface area contributed by atoms with Crippen molar-refractivity contribution < 1.29 is 4.74 Å². The number of hydrogen-bond acceptors (Lipinski definition) is 4. The Bertz CT molecular complexity index is 684. The maximum Gasteiger partial charge on any atom is 0.342 e. The first-order valence-corrected chi connectivity index (χ1v) is 5.96. The second-order valence-corrected chi connectivity index (χ2v) is 4.10. The number of nitrogens with zero attached hydrogens (tertiary/aromatic N) is 4. The smallest absolute Gasteiger partial charge is 0.342 e. The van der Waals surface area contributed by atoms with E-state index in [1.165, 1.54) is 0 Å². The van der Waals surface area contributed by atoms with E-state index in [1.54, 1.807) is 29.2 Å². The molecule has 0 aliphatic carbocycles. The van der Waals surface area contributed by atoms with Crippen molar-refractivity contribution in [2.24, 2.45) is 0 Å². The summed E-state index contributed by atoms with van der Waals surface area (Å²) in [6.45, 7) is 0. The van der Waals surface area contributed by atoms with Crippen LogP contribution < -0.4 is 4.74 Å². The lowest BCUT2D eigenvalue weighted by Crippen LogP contribution is -1.95. The van der Waals surface area contributed by atoms with Crippen molar-refractivity contribution in [2.45, 2.75) is 0 Å². The molecule has 2 heterocycles. The van der Waals surface area contributed by atoms with E-state index in [2.05, 4.69) is 15.1 Å². The van der Waals surface area contributed by atoms with Gasteiger partial charge in [-0.05, 0) is 18.2 Å². The molecule has 0 unspecified atom stereocenters. The molecule has 94 valence electrons. The summed E-state index contributed by atoms with van der Waals surface area (Å²) in [4.78, 5) is 8.07. The molecule has 1 aromatic carbocycles. The average Bonchev–Trinajstić information content (AvgIpc) is 2.88. The molecule has 5 nitrogen and oxygen atoms in total. The van der Waals surface area contributed by atoms with E-state index in [0.717, 1.165) is 5.69 Å². The number of halogens is 1. The van der Waals surface area contributed by atoms with E-state index in [0.29, 0.717) is 11.0 Å². The molecule has 3 aromatic rings. The van der Waals surface area contributed by atoms with Gasteiger partial charge in [0.05, 0.1) is 5.69 Å². The number of hydrogen-bond donors (Lipinski definition) is 0. The minimum absolute atomic E-state index is 0.221. The van der Waals surface area contributed by atoms with Crippen LogP contribution in [0.15, 0.2) is 54.9 Å². The summed E-state index contributed by atoms with van der Waals surface area (Å²) in [5, 5.41) is 4.57. The molecule has 3 rings (SSSR count). The zero-order valence-electron chi connectivity index (χ0n) is 9.77. The van der Waals surface area contributed by atoms with E-state index in [-0.39, 0.29) is 6.01 Å². The fourth-order valence-electron chi connectivity index (χ4n) is 1.54. The van der Waals surface area contributed by atoms with Crippen molar-refractivity contribution in [3.05, 3.63) is 60.0 Å². The highest BCUT2D eigenvalue weighted by molar-refractivity contribution is 6.29. The molecular weight excluding hydrogens is 264 g/mol. The number of pyridine rings is 1. The van der Waals surface area contributed by atoms with Crippen LogP contribution in [0.2, 0.25) is 5.15 Å². The Kier molecular flexibility index (Phi) is 3.12. The molecule has 2 aromatic heterocycles. The largest absolute Gasteiger partial charge is 0.404 e. The van der Waals surface area contributed by atoms with Crippen LogP contribution in [0, 0.1) is 0 Å². The van der Waals surface area contributed by atoms with Crippen LogP contribution in [0.25, 0.3) is 5.69 Å². The second kappa shape index (κ2) is 5.07. The normalized spacial score (nSPS) is 10.4. The lowest BCUT2D eigenvalue weighted by Gasteiger charge is -2.00. The van der Waals surface area contributed by atoms with Crippen LogP contribution in [0.3, 0.4) is 0 Å². The molecule has 0 amide bonds. The van der Waals surface area contributed by atoms with Crippen molar-refractivity contribution in [3.8, 4) is 17.6 Å². The summed E-state index contributed by atoms with van der Waals surface area (Å²) in [5.74, 6) is 0.360. The summed E-state index contributed by atoms with van der Waals surface area (Å²) < 4.78 is 7.05. The van der Waals surface area contributed by atoms with Crippen LogP contribution in [0.1, 0.15) is 0 Å². The molecule has 0 bridgehead atoms. The van der Waals surface area contributed by atoms with Gasteiger partial charge >= 0.3 is 6.01 Å². The third-order valence-corrected chi connectivity index (χ3v) is 2.59. The van der Waals surface area contributed by atoms with Gasteiger partial charge < -0.3 is 4.74 Å². The van der Waals surface area contributed by atoms with Gasteiger partial charge in [0.25, 0.3) is 0 Å². The maximum absolute atomic E-state index is 5.78. The Labute approximate surface area is 114 Å². The van der Waals surface area contributed by atoms with Crippen LogP contribution in [-0.4, -0.2) is 19.7 Å². The van der Waals surface area contributed by atoms with Crippen molar-refractivity contribution in [3.63, 3.8) is 0 Å². The lowest BCUT2D eigenvalue weighted by atomic mass is 10.3. The van der Waals surface area contributed by atoms with E-state index in [1.807, 2.05) is 30.3 Å². The van der Waals surface area contributed by atoms with Gasteiger partial charge in [0.1, 0.15) is 11.5 Å². The first-order valence-electron chi connectivity index (χ1n) is 5.59. The van der Waals surface area contributed by atoms with Gasteiger partial charge in [-0.2, -0.15) is 4.98 Å². The fourth-order valence-corrected chi connectivity index (χ4v) is 1.70. The maximum atomic E-state index is 5.78. The highest BCUT2D eigenvalue weighted by Gasteiger charge is 2.06. The van der Waals surface area contributed by atoms with Gasteiger partial charge in [-0.15, -0.1) is 5.10 Å². The molecule has 0 aliphatic rings. The Morgan fingerprint density at radius 2 is 1.84 bits per heavy atom. The summed E-state index contributed by atoms with van der Waals surface area (Å²) in [6, 6.07) is 15.0. The molecule has 0 atom stereocenters. The van der Waals surface area contributed by atoms with E-state index < -0.39 is 0 Å². The number of rotatable bonds is 3. The Morgan fingerprint density at radius 1 is 1.00 bits per heavy atom. The first kappa shape index (κ1) is 11.7. The minimum atomic E-state index is 0.221.